The Morgan fingerprint density at radius 1 is 1.10 bits per heavy atom. The second kappa shape index (κ2) is 6.04. The summed E-state index contributed by atoms with van der Waals surface area (Å²) < 4.78 is 6.58. The standard InChI is InChI=1S/C16H23BrN2O/c17-14-12-13(16(18)6-2-1-3-7-16)4-5-15(14)19-8-10-20-11-9-19/h4-5,12H,1-3,6-11,18H2. The molecule has 1 saturated heterocycles. The van der Waals surface area contributed by atoms with Crippen LogP contribution in [0.2, 0.25) is 0 Å². The van der Waals surface area contributed by atoms with E-state index in [0.29, 0.717) is 0 Å². The third-order valence-electron chi connectivity index (χ3n) is 4.62. The average Bonchev–Trinajstić information content (AvgIpc) is 2.49. The Hall–Kier alpha value is -0.580. The highest BCUT2D eigenvalue weighted by Gasteiger charge is 2.30. The third kappa shape index (κ3) is 2.87. The Morgan fingerprint density at radius 2 is 1.80 bits per heavy atom. The van der Waals surface area contributed by atoms with Crippen molar-refractivity contribution >= 4 is 21.6 Å². The van der Waals surface area contributed by atoms with Crippen molar-refractivity contribution in [3.05, 3.63) is 28.2 Å². The molecule has 1 aromatic carbocycles. The van der Waals surface area contributed by atoms with E-state index >= 15 is 0 Å². The highest BCUT2D eigenvalue weighted by molar-refractivity contribution is 9.10. The number of hydrogen-bond donors (Lipinski definition) is 1. The number of nitrogens with two attached hydrogens (primary N) is 1. The molecule has 1 aliphatic heterocycles. The fraction of sp³-hybridized carbons (Fsp3) is 0.625. The molecule has 0 spiro atoms. The smallest absolute Gasteiger partial charge is 0.0642 e. The molecule has 0 bridgehead atoms. The van der Waals surface area contributed by atoms with Crippen molar-refractivity contribution < 1.29 is 4.74 Å². The molecule has 20 heavy (non-hydrogen) atoms. The summed E-state index contributed by atoms with van der Waals surface area (Å²) in [6.07, 6.45) is 6.04. The van der Waals surface area contributed by atoms with E-state index in [-0.39, 0.29) is 5.54 Å². The first-order valence-electron chi connectivity index (χ1n) is 7.61. The van der Waals surface area contributed by atoms with Crippen molar-refractivity contribution in [3.63, 3.8) is 0 Å². The Balaban J connectivity index is 1.83. The van der Waals surface area contributed by atoms with Crippen LogP contribution in [0, 0.1) is 0 Å². The SMILES string of the molecule is NC1(c2ccc(N3CCOCC3)c(Br)c2)CCCCC1. The summed E-state index contributed by atoms with van der Waals surface area (Å²) in [5.41, 5.74) is 9.04. The zero-order valence-electron chi connectivity index (χ0n) is 11.9. The first-order chi connectivity index (χ1) is 9.69. The van der Waals surface area contributed by atoms with Gasteiger partial charge in [-0.05, 0) is 46.5 Å². The molecule has 2 N–H and O–H groups in total. The predicted octanol–water partition coefficient (Wildman–Crippen LogP) is 3.40. The van der Waals surface area contributed by atoms with Crippen LogP contribution in [0.3, 0.4) is 0 Å². The number of anilines is 1. The predicted molar refractivity (Wildman–Crippen MR) is 86.1 cm³/mol. The number of benzene rings is 1. The molecule has 1 aliphatic carbocycles. The van der Waals surface area contributed by atoms with Gasteiger partial charge in [0, 0.05) is 23.1 Å². The fourth-order valence-corrected chi connectivity index (χ4v) is 3.98. The van der Waals surface area contributed by atoms with Gasteiger partial charge in [0.15, 0.2) is 0 Å². The van der Waals surface area contributed by atoms with Gasteiger partial charge in [-0.1, -0.05) is 25.3 Å². The molecule has 1 aromatic rings. The number of ether oxygens (including phenoxy) is 1. The van der Waals surface area contributed by atoms with Gasteiger partial charge in [-0.2, -0.15) is 0 Å². The van der Waals surface area contributed by atoms with Gasteiger partial charge in [0.25, 0.3) is 0 Å². The first kappa shape index (κ1) is 14.4. The van der Waals surface area contributed by atoms with Gasteiger partial charge in [0.1, 0.15) is 0 Å². The zero-order chi connectivity index (χ0) is 14.0. The lowest BCUT2D eigenvalue weighted by Gasteiger charge is -2.35. The van der Waals surface area contributed by atoms with E-state index in [2.05, 4.69) is 39.0 Å². The van der Waals surface area contributed by atoms with Gasteiger partial charge in [0.2, 0.25) is 0 Å². The lowest BCUT2D eigenvalue weighted by atomic mass is 9.77. The molecule has 0 unspecified atom stereocenters. The van der Waals surface area contributed by atoms with E-state index in [4.69, 9.17) is 10.5 Å². The molecule has 0 radical (unpaired) electrons. The van der Waals surface area contributed by atoms with Gasteiger partial charge in [0.05, 0.1) is 18.9 Å². The van der Waals surface area contributed by atoms with Gasteiger partial charge in [-0.15, -0.1) is 0 Å². The summed E-state index contributed by atoms with van der Waals surface area (Å²) in [4.78, 5) is 2.38. The Labute approximate surface area is 129 Å². The topological polar surface area (TPSA) is 38.5 Å². The van der Waals surface area contributed by atoms with E-state index in [9.17, 15) is 0 Å². The maximum atomic E-state index is 6.62. The Kier molecular flexibility index (Phi) is 4.34. The lowest BCUT2D eigenvalue weighted by molar-refractivity contribution is 0.122. The van der Waals surface area contributed by atoms with Gasteiger partial charge in [-0.25, -0.2) is 0 Å². The first-order valence-corrected chi connectivity index (χ1v) is 8.40. The molecule has 2 aliphatic rings. The summed E-state index contributed by atoms with van der Waals surface area (Å²) >= 11 is 3.74. The van der Waals surface area contributed by atoms with Crippen molar-refractivity contribution in [3.8, 4) is 0 Å². The summed E-state index contributed by atoms with van der Waals surface area (Å²) in [5.74, 6) is 0. The molecule has 3 rings (SSSR count). The van der Waals surface area contributed by atoms with Crippen LogP contribution in [0.5, 0.6) is 0 Å². The molecule has 1 saturated carbocycles. The van der Waals surface area contributed by atoms with Crippen LogP contribution in [0.1, 0.15) is 37.7 Å². The highest BCUT2D eigenvalue weighted by atomic mass is 79.9. The molecule has 0 amide bonds. The monoisotopic (exact) mass is 338 g/mol. The van der Waals surface area contributed by atoms with Crippen LogP contribution >= 0.6 is 15.9 Å². The highest BCUT2D eigenvalue weighted by Crippen LogP contribution is 2.38. The quantitative estimate of drug-likeness (QED) is 0.897. The van der Waals surface area contributed by atoms with Crippen molar-refractivity contribution in [2.24, 2.45) is 5.73 Å². The zero-order valence-corrected chi connectivity index (χ0v) is 13.5. The maximum absolute atomic E-state index is 6.62. The maximum Gasteiger partial charge on any atom is 0.0642 e. The van der Waals surface area contributed by atoms with Crippen molar-refractivity contribution in [2.75, 3.05) is 31.2 Å². The molecule has 110 valence electrons. The molecule has 2 fully saturated rings. The second-order valence-electron chi connectivity index (χ2n) is 5.98. The lowest BCUT2D eigenvalue weighted by Crippen LogP contribution is -2.39. The Bertz CT molecular complexity index is 466. The third-order valence-corrected chi connectivity index (χ3v) is 5.26. The van der Waals surface area contributed by atoms with E-state index in [1.165, 1.54) is 30.5 Å². The van der Waals surface area contributed by atoms with Gasteiger partial charge < -0.3 is 15.4 Å². The van der Waals surface area contributed by atoms with E-state index in [1.54, 1.807) is 0 Å². The van der Waals surface area contributed by atoms with Gasteiger partial charge in [-0.3, -0.25) is 0 Å². The second-order valence-corrected chi connectivity index (χ2v) is 6.84. The van der Waals surface area contributed by atoms with Crippen LogP contribution in [-0.4, -0.2) is 26.3 Å². The minimum Gasteiger partial charge on any atom is -0.378 e. The number of halogens is 1. The molecule has 0 aromatic heterocycles. The van der Waals surface area contributed by atoms with E-state index < -0.39 is 0 Å². The number of rotatable bonds is 2. The minimum atomic E-state index is -0.121. The van der Waals surface area contributed by atoms with Gasteiger partial charge >= 0.3 is 0 Å². The molecule has 1 heterocycles. The molecule has 4 heteroatoms. The summed E-state index contributed by atoms with van der Waals surface area (Å²) in [6.45, 7) is 3.56. The number of nitrogens with zero attached hydrogens (tertiary/aromatic N) is 1. The fourth-order valence-electron chi connectivity index (χ4n) is 3.35. The summed E-state index contributed by atoms with van der Waals surface area (Å²) in [7, 11) is 0. The normalized spacial score (nSPS) is 22.8. The van der Waals surface area contributed by atoms with Crippen LogP contribution in [0.4, 0.5) is 5.69 Å². The average molecular weight is 339 g/mol. The van der Waals surface area contributed by atoms with E-state index in [1.807, 2.05) is 0 Å². The molecule has 3 nitrogen and oxygen atoms in total. The number of hydrogen-bond acceptors (Lipinski definition) is 3. The molecular weight excluding hydrogens is 316 g/mol. The summed E-state index contributed by atoms with van der Waals surface area (Å²) in [6, 6.07) is 6.67. The van der Waals surface area contributed by atoms with Crippen LogP contribution in [-0.2, 0) is 10.3 Å². The van der Waals surface area contributed by atoms with Crippen LogP contribution < -0.4 is 10.6 Å². The van der Waals surface area contributed by atoms with Crippen molar-refractivity contribution in [1.82, 2.24) is 0 Å². The van der Waals surface area contributed by atoms with Crippen molar-refractivity contribution in [1.29, 1.82) is 0 Å². The van der Waals surface area contributed by atoms with Crippen LogP contribution in [0.25, 0.3) is 0 Å². The number of morpholine rings is 1. The van der Waals surface area contributed by atoms with E-state index in [0.717, 1.165) is 43.6 Å². The van der Waals surface area contributed by atoms with Crippen LogP contribution in [0.15, 0.2) is 22.7 Å². The summed E-state index contributed by atoms with van der Waals surface area (Å²) in [5, 5.41) is 0. The minimum absolute atomic E-state index is 0.121. The molecular formula is C16H23BrN2O. The van der Waals surface area contributed by atoms with Crippen molar-refractivity contribution in [2.45, 2.75) is 37.6 Å². The Morgan fingerprint density at radius 3 is 2.45 bits per heavy atom. The molecule has 0 atom stereocenters. The largest absolute Gasteiger partial charge is 0.378 e.